The van der Waals surface area contributed by atoms with Gasteiger partial charge in [-0.15, -0.1) is 0 Å². The van der Waals surface area contributed by atoms with Crippen molar-refractivity contribution in [2.75, 3.05) is 62.2 Å². The fourth-order valence-corrected chi connectivity index (χ4v) is 4.55. The molecule has 0 bridgehead atoms. The van der Waals surface area contributed by atoms with E-state index < -0.39 is 0 Å². The second-order valence-electron chi connectivity index (χ2n) is 8.67. The van der Waals surface area contributed by atoms with Crippen LogP contribution in [-0.4, -0.2) is 78.1 Å². The van der Waals surface area contributed by atoms with E-state index in [1.165, 1.54) is 0 Å². The highest BCUT2D eigenvalue weighted by Gasteiger charge is 2.16. The Hall–Kier alpha value is -3.69. The van der Waals surface area contributed by atoms with Crippen molar-refractivity contribution >= 4 is 39.5 Å². The van der Waals surface area contributed by atoms with Gasteiger partial charge in [-0.3, -0.25) is 14.8 Å². The van der Waals surface area contributed by atoms with Gasteiger partial charge in [0.25, 0.3) is 0 Å². The summed E-state index contributed by atoms with van der Waals surface area (Å²) < 4.78 is 0. The predicted molar refractivity (Wildman–Crippen MR) is 133 cm³/mol. The van der Waals surface area contributed by atoms with Crippen LogP contribution in [0.1, 0.15) is 15.9 Å². The van der Waals surface area contributed by atoms with Crippen molar-refractivity contribution in [2.24, 2.45) is 0 Å². The minimum absolute atomic E-state index is 0.0625. The molecule has 2 N–H and O–H groups in total. The van der Waals surface area contributed by atoms with Crippen molar-refractivity contribution in [3.05, 3.63) is 59.9 Å². The highest BCUT2D eigenvalue weighted by atomic mass is 16.1. The molecule has 0 amide bonds. The van der Waals surface area contributed by atoms with Crippen LogP contribution in [0.25, 0.3) is 22.1 Å². The summed E-state index contributed by atoms with van der Waals surface area (Å²) in [5.74, 6) is 1.63. The van der Waals surface area contributed by atoms with Crippen LogP contribution in [0.5, 0.6) is 0 Å². The second-order valence-corrected chi connectivity index (χ2v) is 8.67. The summed E-state index contributed by atoms with van der Waals surface area (Å²) in [6.07, 6.45) is 3.63. The fourth-order valence-electron chi connectivity index (χ4n) is 4.55. The molecule has 172 valence electrons. The molecule has 2 fully saturated rings. The molecule has 34 heavy (non-hydrogen) atoms. The average Bonchev–Trinajstić information content (AvgIpc) is 2.92. The molecule has 2 aliphatic rings. The van der Waals surface area contributed by atoms with Crippen LogP contribution < -0.4 is 20.4 Å². The van der Waals surface area contributed by atoms with E-state index >= 15 is 0 Å². The van der Waals surface area contributed by atoms with Gasteiger partial charge in [0.2, 0.25) is 0 Å². The third-order valence-electron chi connectivity index (χ3n) is 6.47. The van der Waals surface area contributed by atoms with Gasteiger partial charge in [-0.1, -0.05) is 0 Å². The molecule has 0 radical (unpaired) electrons. The molecule has 0 unspecified atom stereocenters. The number of aromatic nitrogens is 4. The minimum atomic E-state index is -0.0625. The molecule has 2 aromatic heterocycles. The van der Waals surface area contributed by atoms with Gasteiger partial charge >= 0.3 is 0 Å². The van der Waals surface area contributed by atoms with Crippen molar-refractivity contribution in [3.63, 3.8) is 0 Å². The van der Waals surface area contributed by atoms with Crippen LogP contribution in [0.3, 0.4) is 0 Å². The lowest BCUT2D eigenvalue weighted by Crippen LogP contribution is -2.43. The third-order valence-corrected chi connectivity index (χ3v) is 6.47. The maximum absolute atomic E-state index is 13.4. The van der Waals surface area contributed by atoms with Crippen LogP contribution in [0.2, 0.25) is 0 Å². The number of fused-ring (bicyclic) bond motifs is 2. The van der Waals surface area contributed by atoms with E-state index in [0.717, 1.165) is 86.1 Å². The summed E-state index contributed by atoms with van der Waals surface area (Å²) >= 11 is 0. The quantitative estimate of drug-likeness (QED) is 0.446. The summed E-state index contributed by atoms with van der Waals surface area (Å²) in [4.78, 5) is 36.5. The van der Waals surface area contributed by atoms with E-state index in [4.69, 9.17) is 9.97 Å². The fraction of sp³-hybridized carbons (Fsp3) is 0.320. The predicted octanol–water partition coefficient (Wildman–Crippen LogP) is 1.62. The van der Waals surface area contributed by atoms with E-state index in [9.17, 15) is 4.79 Å². The molecule has 4 heterocycles. The molecule has 0 aliphatic carbocycles. The Balaban J connectivity index is 1.31. The van der Waals surface area contributed by atoms with Gasteiger partial charge in [0.15, 0.2) is 5.78 Å². The van der Waals surface area contributed by atoms with Crippen molar-refractivity contribution in [3.8, 4) is 0 Å². The highest BCUT2D eigenvalue weighted by Crippen LogP contribution is 2.22. The molecule has 0 atom stereocenters. The summed E-state index contributed by atoms with van der Waals surface area (Å²) in [5, 5.41) is 6.70. The number of benzene rings is 2. The number of carbonyl (C=O) groups is 1. The van der Waals surface area contributed by atoms with E-state index in [-0.39, 0.29) is 5.78 Å². The molecule has 2 aromatic carbocycles. The van der Waals surface area contributed by atoms with Crippen molar-refractivity contribution in [2.45, 2.75) is 0 Å². The summed E-state index contributed by atoms with van der Waals surface area (Å²) in [5.41, 5.74) is 4.18. The molecular formula is C25H26N8O. The van der Waals surface area contributed by atoms with Crippen molar-refractivity contribution in [1.29, 1.82) is 0 Å². The Bertz CT molecular complexity index is 1260. The first-order chi connectivity index (χ1) is 16.7. The maximum atomic E-state index is 13.4. The number of nitrogens with zero attached hydrogens (tertiary/aromatic N) is 6. The number of piperazine rings is 2. The van der Waals surface area contributed by atoms with Crippen LogP contribution in [-0.2, 0) is 0 Å². The first-order valence-electron chi connectivity index (χ1n) is 11.7. The summed E-state index contributed by atoms with van der Waals surface area (Å²) in [7, 11) is 0. The molecule has 2 saturated heterocycles. The molecule has 6 rings (SSSR count). The smallest absolute Gasteiger partial charge is 0.193 e. The number of hydrogen-bond donors (Lipinski definition) is 2. The highest BCUT2D eigenvalue weighted by molar-refractivity contribution is 6.11. The molecule has 9 nitrogen and oxygen atoms in total. The van der Waals surface area contributed by atoms with Crippen molar-refractivity contribution in [1.82, 2.24) is 30.6 Å². The Morgan fingerprint density at radius 2 is 1.09 bits per heavy atom. The first-order valence-corrected chi connectivity index (χ1v) is 11.7. The Labute approximate surface area is 197 Å². The summed E-state index contributed by atoms with van der Waals surface area (Å²) in [6, 6.07) is 11.0. The van der Waals surface area contributed by atoms with Crippen LogP contribution >= 0.6 is 0 Å². The minimum Gasteiger partial charge on any atom is -0.353 e. The molecule has 2 aliphatic heterocycles. The van der Waals surface area contributed by atoms with Crippen LogP contribution in [0.4, 0.5) is 11.6 Å². The molecule has 4 aromatic rings. The molecule has 0 saturated carbocycles. The lowest BCUT2D eigenvalue weighted by atomic mass is 10.0. The number of rotatable bonds is 4. The number of nitrogens with one attached hydrogen (secondary N) is 2. The zero-order valence-corrected chi connectivity index (χ0v) is 18.9. The maximum Gasteiger partial charge on any atom is 0.193 e. The molecule has 0 spiro atoms. The third kappa shape index (κ3) is 4.04. The zero-order chi connectivity index (χ0) is 22.9. The SMILES string of the molecule is O=C(c1ccc2ncc(N3CCNCC3)nc2c1)c1ccc2ncc(N3CCNCC3)nc2c1. The largest absolute Gasteiger partial charge is 0.353 e. The van der Waals surface area contributed by atoms with E-state index in [2.05, 4.69) is 30.4 Å². The lowest BCUT2D eigenvalue weighted by Gasteiger charge is -2.28. The normalized spacial score (nSPS) is 16.8. The number of carbonyl (C=O) groups excluding carboxylic acids is 1. The van der Waals surface area contributed by atoms with Gasteiger partial charge < -0.3 is 20.4 Å². The van der Waals surface area contributed by atoms with E-state index in [1.54, 1.807) is 0 Å². The monoisotopic (exact) mass is 454 g/mol. The van der Waals surface area contributed by atoms with Gasteiger partial charge in [0.1, 0.15) is 11.6 Å². The Kier molecular flexibility index (Phi) is 5.48. The topological polar surface area (TPSA) is 99.2 Å². The van der Waals surface area contributed by atoms with Gasteiger partial charge in [-0.25, -0.2) is 9.97 Å². The second kappa shape index (κ2) is 8.92. The standard InChI is InChI=1S/C25H26N8O/c34-25(17-1-3-19-21(13-17)30-23(15-28-19)32-9-5-26-6-10-32)18-2-4-20-22(14-18)31-24(16-29-20)33-11-7-27-8-12-33/h1-4,13-16,26-27H,5-12H2. The number of anilines is 2. The lowest BCUT2D eigenvalue weighted by molar-refractivity contribution is 0.103. The van der Waals surface area contributed by atoms with Gasteiger partial charge in [0.05, 0.1) is 34.5 Å². The van der Waals surface area contributed by atoms with E-state index in [0.29, 0.717) is 11.1 Å². The van der Waals surface area contributed by atoms with Gasteiger partial charge in [-0.05, 0) is 36.4 Å². The molecular weight excluding hydrogens is 428 g/mol. The number of ketones is 1. The average molecular weight is 455 g/mol. The Morgan fingerprint density at radius 1 is 0.647 bits per heavy atom. The Morgan fingerprint density at radius 3 is 1.53 bits per heavy atom. The van der Waals surface area contributed by atoms with E-state index in [1.807, 2.05) is 48.8 Å². The van der Waals surface area contributed by atoms with Gasteiger partial charge in [-0.2, -0.15) is 0 Å². The van der Waals surface area contributed by atoms with Crippen molar-refractivity contribution < 1.29 is 4.79 Å². The van der Waals surface area contributed by atoms with Crippen LogP contribution in [0.15, 0.2) is 48.8 Å². The zero-order valence-electron chi connectivity index (χ0n) is 18.9. The number of hydrogen-bond acceptors (Lipinski definition) is 9. The summed E-state index contributed by atoms with van der Waals surface area (Å²) in [6.45, 7) is 7.30. The van der Waals surface area contributed by atoms with Gasteiger partial charge in [0, 0.05) is 63.5 Å². The first kappa shape index (κ1) is 20.9. The van der Waals surface area contributed by atoms with Crippen LogP contribution in [0, 0.1) is 0 Å². The molecule has 9 heteroatoms.